The largest absolute Gasteiger partial charge is 0.370 e. The van der Waals surface area contributed by atoms with E-state index in [2.05, 4.69) is 17.1 Å². The van der Waals surface area contributed by atoms with E-state index in [4.69, 9.17) is 4.74 Å². The standard InChI is InChI=1S/C8H16N2O/c1-2-10-5-7-3-9-4-8(6-10)11-7/h7-9H,2-6H2,1H3. The van der Waals surface area contributed by atoms with Gasteiger partial charge in [0.1, 0.15) is 0 Å². The van der Waals surface area contributed by atoms with Crippen LogP contribution < -0.4 is 5.32 Å². The maximum absolute atomic E-state index is 5.75. The molecule has 0 aromatic carbocycles. The molecule has 0 amide bonds. The Morgan fingerprint density at radius 3 is 2.55 bits per heavy atom. The predicted molar refractivity (Wildman–Crippen MR) is 43.6 cm³/mol. The molecule has 3 heteroatoms. The average Bonchev–Trinajstić information content (AvgIpc) is 2.03. The fourth-order valence-electron chi connectivity index (χ4n) is 1.90. The number of nitrogens with one attached hydrogen (secondary N) is 1. The second-order valence-electron chi connectivity index (χ2n) is 3.39. The molecule has 1 N–H and O–H groups in total. The lowest BCUT2D eigenvalue weighted by Gasteiger charge is -2.41. The lowest BCUT2D eigenvalue weighted by molar-refractivity contribution is -0.101. The van der Waals surface area contributed by atoms with Gasteiger partial charge in [-0.15, -0.1) is 0 Å². The lowest BCUT2D eigenvalue weighted by atomic mass is 10.1. The van der Waals surface area contributed by atoms with Crippen LogP contribution in [0.4, 0.5) is 0 Å². The molecule has 2 fully saturated rings. The number of ether oxygens (including phenoxy) is 1. The summed E-state index contributed by atoms with van der Waals surface area (Å²) >= 11 is 0. The summed E-state index contributed by atoms with van der Waals surface area (Å²) in [6, 6.07) is 0. The second-order valence-corrected chi connectivity index (χ2v) is 3.39. The molecule has 0 aromatic heterocycles. The minimum atomic E-state index is 0.447. The monoisotopic (exact) mass is 156 g/mol. The van der Waals surface area contributed by atoms with Crippen LogP contribution in [-0.4, -0.2) is 49.8 Å². The number of fused-ring (bicyclic) bond motifs is 2. The van der Waals surface area contributed by atoms with Crippen LogP contribution in [0.15, 0.2) is 0 Å². The molecule has 2 saturated heterocycles. The van der Waals surface area contributed by atoms with Crippen LogP contribution in [0.1, 0.15) is 6.92 Å². The average molecular weight is 156 g/mol. The highest BCUT2D eigenvalue weighted by molar-refractivity contribution is 4.84. The number of hydrogen-bond acceptors (Lipinski definition) is 3. The molecular weight excluding hydrogens is 140 g/mol. The van der Waals surface area contributed by atoms with Gasteiger partial charge in [0.05, 0.1) is 12.2 Å². The van der Waals surface area contributed by atoms with Crippen LogP contribution in [0.25, 0.3) is 0 Å². The summed E-state index contributed by atoms with van der Waals surface area (Å²) in [4.78, 5) is 2.47. The van der Waals surface area contributed by atoms with Gasteiger partial charge in [-0.05, 0) is 6.54 Å². The summed E-state index contributed by atoms with van der Waals surface area (Å²) in [5.74, 6) is 0. The van der Waals surface area contributed by atoms with Crippen LogP contribution in [0.5, 0.6) is 0 Å². The van der Waals surface area contributed by atoms with Gasteiger partial charge in [-0.25, -0.2) is 0 Å². The molecule has 2 rings (SSSR count). The third kappa shape index (κ3) is 1.55. The Bertz CT molecular complexity index is 128. The van der Waals surface area contributed by atoms with Gasteiger partial charge in [0.25, 0.3) is 0 Å². The first-order valence-corrected chi connectivity index (χ1v) is 4.47. The van der Waals surface area contributed by atoms with Crippen LogP contribution in [0, 0.1) is 0 Å². The minimum absolute atomic E-state index is 0.447. The quantitative estimate of drug-likeness (QED) is 0.563. The summed E-state index contributed by atoms with van der Waals surface area (Å²) in [5.41, 5.74) is 0. The lowest BCUT2D eigenvalue weighted by Crippen LogP contribution is -2.58. The Kier molecular flexibility index (Phi) is 2.11. The molecule has 0 spiro atoms. The minimum Gasteiger partial charge on any atom is -0.370 e. The first-order chi connectivity index (χ1) is 5.38. The Labute approximate surface area is 67.7 Å². The highest BCUT2D eigenvalue weighted by Crippen LogP contribution is 2.13. The summed E-state index contributed by atoms with van der Waals surface area (Å²) in [7, 11) is 0. The fourth-order valence-corrected chi connectivity index (χ4v) is 1.90. The van der Waals surface area contributed by atoms with E-state index in [9.17, 15) is 0 Å². The van der Waals surface area contributed by atoms with E-state index in [0.29, 0.717) is 12.2 Å². The van der Waals surface area contributed by atoms with Gasteiger partial charge in [0.15, 0.2) is 0 Å². The van der Waals surface area contributed by atoms with Gasteiger partial charge in [-0.2, -0.15) is 0 Å². The van der Waals surface area contributed by atoms with Crippen molar-refractivity contribution in [2.45, 2.75) is 19.1 Å². The van der Waals surface area contributed by atoms with Crippen molar-refractivity contribution in [1.82, 2.24) is 10.2 Å². The van der Waals surface area contributed by atoms with Gasteiger partial charge in [-0.3, -0.25) is 4.90 Å². The molecule has 2 unspecified atom stereocenters. The summed E-state index contributed by atoms with van der Waals surface area (Å²) in [6.45, 7) is 7.67. The van der Waals surface area contributed by atoms with E-state index < -0.39 is 0 Å². The highest BCUT2D eigenvalue weighted by atomic mass is 16.5. The molecule has 11 heavy (non-hydrogen) atoms. The Morgan fingerprint density at radius 1 is 1.36 bits per heavy atom. The first-order valence-electron chi connectivity index (χ1n) is 4.47. The predicted octanol–water partition coefficient (Wildman–Crippen LogP) is -0.321. The van der Waals surface area contributed by atoms with E-state index in [1.807, 2.05) is 0 Å². The Balaban J connectivity index is 1.94. The third-order valence-corrected chi connectivity index (χ3v) is 2.50. The molecule has 2 aliphatic heterocycles. The number of rotatable bonds is 1. The van der Waals surface area contributed by atoms with E-state index in [-0.39, 0.29) is 0 Å². The number of morpholine rings is 2. The summed E-state index contributed by atoms with van der Waals surface area (Å²) in [5, 5.41) is 3.38. The van der Waals surface area contributed by atoms with Crippen molar-refractivity contribution < 1.29 is 4.74 Å². The van der Waals surface area contributed by atoms with Gasteiger partial charge in [-0.1, -0.05) is 6.92 Å². The van der Waals surface area contributed by atoms with E-state index in [1.54, 1.807) is 0 Å². The fraction of sp³-hybridized carbons (Fsp3) is 1.00. The van der Waals surface area contributed by atoms with Crippen molar-refractivity contribution in [3.8, 4) is 0 Å². The zero-order valence-corrected chi connectivity index (χ0v) is 7.05. The molecular formula is C8H16N2O. The first kappa shape index (κ1) is 7.53. The maximum Gasteiger partial charge on any atom is 0.0831 e. The van der Waals surface area contributed by atoms with Crippen LogP contribution in [0.3, 0.4) is 0 Å². The van der Waals surface area contributed by atoms with Crippen molar-refractivity contribution in [3.05, 3.63) is 0 Å². The second kappa shape index (κ2) is 3.09. The van der Waals surface area contributed by atoms with Gasteiger partial charge >= 0.3 is 0 Å². The van der Waals surface area contributed by atoms with Crippen LogP contribution in [-0.2, 0) is 4.74 Å². The highest BCUT2D eigenvalue weighted by Gasteiger charge is 2.29. The van der Waals surface area contributed by atoms with Crippen LogP contribution in [0.2, 0.25) is 0 Å². The molecule has 0 aromatic rings. The number of nitrogens with zero attached hydrogens (tertiary/aromatic N) is 1. The number of likely N-dealkylation sites (N-methyl/N-ethyl adjacent to an activating group) is 1. The maximum atomic E-state index is 5.75. The van der Waals surface area contributed by atoms with Crippen molar-refractivity contribution in [1.29, 1.82) is 0 Å². The van der Waals surface area contributed by atoms with Crippen molar-refractivity contribution in [3.63, 3.8) is 0 Å². The molecule has 0 saturated carbocycles. The SMILES string of the molecule is CCN1CC2CNCC(C1)O2. The van der Waals surface area contributed by atoms with E-state index in [0.717, 1.165) is 32.7 Å². The zero-order chi connectivity index (χ0) is 7.68. The molecule has 2 atom stereocenters. The van der Waals surface area contributed by atoms with E-state index >= 15 is 0 Å². The third-order valence-electron chi connectivity index (χ3n) is 2.50. The smallest absolute Gasteiger partial charge is 0.0831 e. The van der Waals surface area contributed by atoms with E-state index in [1.165, 1.54) is 0 Å². The van der Waals surface area contributed by atoms with Crippen molar-refractivity contribution in [2.75, 3.05) is 32.7 Å². The van der Waals surface area contributed by atoms with Crippen molar-refractivity contribution >= 4 is 0 Å². The van der Waals surface area contributed by atoms with Gasteiger partial charge < -0.3 is 10.1 Å². The zero-order valence-electron chi connectivity index (χ0n) is 7.05. The molecule has 2 bridgehead atoms. The Morgan fingerprint density at radius 2 is 2.00 bits per heavy atom. The molecule has 3 nitrogen and oxygen atoms in total. The molecule has 64 valence electrons. The normalized spacial score (nSPS) is 39.0. The molecule has 2 heterocycles. The number of hydrogen-bond donors (Lipinski definition) is 1. The summed E-state index contributed by atoms with van der Waals surface area (Å²) in [6.07, 6.45) is 0.893. The van der Waals surface area contributed by atoms with Crippen LogP contribution >= 0.6 is 0 Å². The summed E-state index contributed by atoms with van der Waals surface area (Å²) < 4.78 is 5.75. The van der Waals surface area contributed by atoms with Gasteiger partial charge in [0.2, 0.25) is 0 Å². The Hall–Kier alpha value is -0.120. The van der Waals surface area contributed by atoms with Crippen molar-refractivity contribution in [2.24, 2.45) is 0 Å². The molecule has 0 aliphatic carbocycles. The molecule has 0 radical (unpaired) electrons. The van der Waals surface area contributed by atoms with Gasteiger partial charge in [0, 0.05) is 26.2 Å². The topological polar surface area (TPSA) is 24.5 Å². The molecule has 2 aliphatic rings.